The Morgan fingerprint density at radius 2 is 0.973 bits per heavy atom. The zero-order chi connectivity index (χ0) is 77.8. The Bertz CT molecular complexity index is 4590. The molecule has 3 saturated heterocycles. The van der Waals surface area contributed by atoms with Crippen molar-refractivity contribution in [3.05, 3.63) is 250 Å². The van der Waals surface area contributed by atoms with E-state index in [4.69, 9.17) is 19.9 Å². The predicted octanol–water partition coefficient (Wildman–Crippen LogP) is 10.8. The van der Waals surface area contributed by atoms with Crippen molar-refractivity contribution in [2.24, 2.45) is 11.1 Å². The van der Waals surface area contributed by atoms with E-state index in [1.807, 2.05) is 70.5 Å². The van der Waals surface area contributed by atoms with Gasteiger partial charge in [0.25, 0.3) is 17.7 Å². The number of aromatic nitrogens is 6. The van der Waals surface area contributed by atoms with Gasteiger partial charge in [-0.2, -0.15) is 10.2 Å². The van der Waals surface area contributed by atoms with Gasteiger partial charge >= 0.3 is 0 Å². The fourth-order valence-corrected chi connectivity index (χ4v) is 12.9. The first kappa shape index (κ1) is 82.2. The predicted molar refractivity (Wildman–Crippen MR) is 426 cm³/mol. The minimum absolute atomic E-state index is 0.109. The number of anilines is 3. The first-order valence-corrected chi connectivity index (χ1v) is 38.0. The van der Waals surface area contributed by atoms with Crippen LogP contribution in [0.25, 0.3) is 0 Å². The lowest BCUT2D eigenvalue weighted by Crippen LogP contribution is -2.47. The van der Waals surface area contributed by atoms with Gasteiger partial charge in [0.05, 0.1) is 82.0 Å². The summed E-state index contributed by atoms with van der Waals surface area (Å²) in [6.45, 7) is 18.2. The summed E-state index contributed by atoms with van der Waals surface area (Å²) in [5.41, 5.74) is 16.7. The van der Waals surface area contributed by atoms with E-state index >= 15 is 0 Å². The van der Waals surface area contributed by atoms with Crippen molar-refractivity contribution in [1.82, 2.24) is 50.8 Å². The number of aromatic amines is 2. The number of imidazole rings is 1. The van der Waals surface area contributed by atoms with E-state index in [-0.39, 0.29) is 46.4 Å². The van der Waals surface area contributed by atoms with Gasteiger partial charge in [0.1, 0.15) is 17.5 Å². The van der Waals surface area contributed by atoms with E-state index in [9.17, 15) is 32.3 Å². The molecule has 3 fully saturated rings. The number of carbonyl (C=O) groups is 4. The van der Waals surface area contributed by atoms with Crippen LogP contribution in [0.5, 0.6) is 0 Å². The van der Waals surface area contributed by atoms with E-state index in [1.165, 1.54) is 42.8 Å². The molecule has 0 bridgehead atoms. The minimum atomic E-state index is -0.320. The number of nitrogens with two attached hydrogens (primary N) is 1. The first-order chi connectivity index (χ1) is 54.1. The van der Waals surface area contributed by atoms with Crippen LogP contribution in [0.1, 0.15) is 134 Å². The second-order valence-corrected chi connectivity index (χ2v) is 28.0. The quantitative estimate of drug-likeness (QED) is 0.0189. The van der Waals surface area contributed by atoms with Gasteiger partial charge in [-0.25, -0.2) is 18.2 Å². The number of piperidine rings is 2. The van der Waals surface area contributed by atoms with Crippen LogP contribution >= 0.6 is 0 Å². The number of Topliss-reactive ketones (excluding diaryl/α,β-unsaturated/α-hetero) is 1. The van der Waals surface area contributed by atoms with Gasteiger partial charge in [0, 0.05) is 166 Å². The van der Waals surface area contributed by atoms with Crippen LogP contribution in [0.15, 0.2) is 171 Å². The molecule has 6 heterocycles. The summed E-state index contributed by atoms with van der Waals surface area (Å²) >= 11 is 0. The van der Waals surface area contributed by atoms with Crippen molar-refractivity contribution in [2.45, 2.75) is 78.2 Å². The lowest BCUT2D eigenvalue weighted by atomic mass is 9.83. The number of ether oxygens (including phenoxy) is 3. The van der Waals surface area contributed by atoms with Gasteiger partial charge in [-0.3, -0.25) is 34.3 Å². The smallest absolute Gasteiger partial charge is 0.251 e. The van der Waals surface area contributed by atoms with Crippen molar-refractivity contribution < 1.29 is 46.6 Å². The van der Waals surface area contributed by atoms with E-state index < -0.39 is 0 Å². The molecule has 12 rings (SSSR count). The number of H-pyrrole nitrogens is 2. The highest BCUT2D eigenvalue weighted by molar-refractivity contribution is 5.97. The number of nitrogens with one attached hydrogen (secondary N) is 5. The normalized spacial score (nSPS) is 13.9. The fraction of sp³-hybridized carbons (Fsp3) is 0.368. The number of hydrogen-bond acceptors (Lipinski definition) is 15. The summed E-state index contributed by atoms with van der Waals surface area (Å²) in [5, 5.41) is 22.4. The van der Waals surface area contributed by atoms with E-state index in [0.29, 0.717) is 112 Å². The topological polar surface area (TPSA) is 246 Å². The number of halogens is 3. The average Bonchev–Trinajstić information content (AvgIpc) is 1.59. The van der Waals surface area contributed by atoms with Gasteiger partial charge in [0.2, 0.25) is 0 Å². The molecule has 3 aromatic heterocycles. The Morgan fingerprint density at radius 1 is 0.523 bits per heavy atom. The summed E-state index contributed by atoms with van der Waals surface area (Å²) in [6, 6.07) is 35.1. The van der Waals surface area contributed by atoms with Gasteiger partial charge in [-0.1, -0.05) is 49.4 Å². The summed E-state index contributed by atoms with van der Waals surface area (Å²) in [5.74, 6) is 17.8. The van der Waals surface area contributed by atoms with Crippen LogP contribution in [0, 0.1) is 58.4 Å². The van der Waals surface area contributed by atoms with Crippen molar-refractivity contribution >= 4 is 40.6 Å². The van der Waals surface area contributed by atoms with E-state index in [2.05, 4.69) is 105 Å². The molecular weight excluding hydrogens is 1410 g/mol. The fourth-order valence-electron chi connectivity index (χ4n) is 12.9. The zero-order valence-corrected chi connectivity index (χ0v) is 63.3. The van der Waals surface area contributed by atoms with Crippen molar-refractivity contribution in [2.75, 3.05) is 139 Å². The van der Waals surface area contributed by atoms with Crippen LogP contribution in [0.4, 0.5) is 30.2 Å². The minimum Gasteiger partial charge on any atom is -0.378 e. The highest BCUT2D eigenvalue weighted by Gasteiger charge is 2.28. The number of nitrogens with zero attached hydrogens (tertiary/aromatic N) is 8. The Hall–Kier alpha value is -11.3. The van der Waals surface area contributed by atoms with Crippen LogP contribution in [0.3, 0.4) is 0 Å². The van der Waals surface area contributed by atoms with E-state index in [0.717, 1.165) is 149 Å². The largest absolute Gasteiger partial charge is 0.378 e. The van der Waals surface area contributed by atoms with Gasteiger partial charge in [-0.15, -0.1) is 0 Å². The van der Waals surface area contributed by atoms with Crippen LogP contribution in [0.2, 0.25) is 0 Å². The average molecular weight is 1510 g/mol. The molecule has 0 spiro atoms. The van der Waals surface area contributed by atoms with Crippen LogP contribution in [-0.2, 0) is 38.4 Å². The summed E-state index contributed by atoms with van der Waals surface area (Å²) < 4.78 is 58.4. The molecule has 3 amide bonds. The Balaban J connectivity index is 0.000000179. The number of aryl methyl sites for hydroxylation is 3. The second kappa shape index (κ2) is 43.8. The Labute approximate surface area is 648 Å². The second-order valence-electron chi connectivity index (χ2n) is 28.0. The number of benzene rings is 6. The number of ketones is 1. The monoisotopic (exact) mass is 1510 g/mol. The number of carbonyl (C=O) groups excluding carboxylic acids is 4. The molecule has 0 radical (unpaired) electrons. The maximum Gasteiger partial charge on any atom is 0.251 e. The van der Waals surface area contributed by atoms with Crippen molar-refractivity contribution in [1.29, 1.82) is 0 Å². The molecule has 7 N–H and O–H groups in total. The number of hydrogen-bond donors (Lipinski definition) is 6. The van der Waals surface area contributed by atoms with Crippen molar-refractivity contribution in [3.63, 3.8) is 0 Å². The van der Waals surface area contributed by atoms with Crippen LogP contribution in [-0.4, -0.2) is 183 Å². The molecule has 24 heteroatoms. The van der Waals surface area contributed by atoms with Crippen molar-refractivity contribution in [3.8, 4) is 35.5 Å². The Kier molecular flexibility index (Phi) is 32.4. The van der Waals surface area contributed by atoms with Gasteiger partial charge in [-0.05, 0) is 195 Å². The first-order valence-electron chi connectivity index (χ1n) is 38.0. The molecule has 0 atom stereocenters. The molecule has 580 valence electrons. The third-order valence-electron chi connectivity index (χ3n) is 18.8. The van der Waals surface area contributed by atoms with Crippen LogP contribution < -0.4 is 36.4 Å². The molecular formula is C87H99F3N14O7. The molecule has 0 saturated carbocycles. The zero-order valence-electron chi connectivity index (χ0n) is 63.3. The SMILES string of the molecule is CC1(C)CCCN(c2ccc(C(=O)NCCCc3cn[nH]c3)cc2C#Cc2ccc(F)cc2)C1.NCCOCCOCCOCCN1CCN(c2ccc(C(=O)NCCCn3ccnc3)cc2C#Cc2ccc(F)cc2)CC1.O=C1CCCN(c2ccc(C(=O)NCCCc3cn[nH]c3)cc2C#Cc2ccc(F)cc2)C1. The van der Waals surface area contributed by atoms with Gasteiger partial charge in [0.15, 0.2) is 5.78 Å². The standard InChI is InChI=1S/C33H43FN6O4.C28H31FN4O.C26H25FN4O2/c34-31-7-3-28(4-8-31)2-5-29-26-30(33(41)37-11-1-13-39-14-12-36-27-39)6-9-32(29)40-17-15-38(16-18-40)19-21-43-23-25-44-24-22-42-20-10-35;1-28(2)14-4-16-33(20-28)26-13-10-24(27(34)30-15-3-5-22-18-31-32-19-22)17-23(26)9-6-21-7-11-25(29)12-8-21;27-23-10-6-19(7-11-23)5-8-21-15-22(9-12-25(21)31-14-2-4-24(32)18-31)26(33)28-13-1-3-20-16-29-30-17-20/h3-4,6-9,12,14,26-27H,1,10-11,13,15-25,35H2,(H,37,41);7-8,10-13,17-19H,3-5,14-16,20H2,1-2H3,(H,30,34)(H,31,32);6-7,9-12,15-17H,1-4,13-14,18H2,(H,28,33)(H,29,30). The molecule has 3 aliphatic rings. The third-order valence-corrected chi connectivity index (χ3v) is 18.8. The highest BCUT2D eigenvalue weighted by atomic mass is 19.1. The summed E-state index contributed by atoms with van der Waals surface area (Å²) in [4.78, 5) is 63.6. The highest BCUT2D eigenvalue weighted by Crippen LogP contribution is 2.34. The molecule has 9 aromatic rings. The molecule has 6 aromatic carbocycles. The molecule has 21 nitrogen and oxygen atoms in total. The molecule has 111 heavy (non-hydrogen) atoms. The Morgan fingerprint density at radius 3 is 1.41 bits per heavy atom. The lowest BCUT2D eigenvalue weighted by Gasteiger charge is -2.40. The third kappa shape index (κ3) is 27.6. The maximum absolute atomic E-state index is 13.4. The number of piperazine rings is 1. The number of rotatable bonds is 29. The van der Waals surface area contributed by atoms with E-state index in [1.54, 1.807) is 73.4 Å². The lowest BCUT2D eigenvalue weighted by molar-refractivity contribution is -0.118. The summed E-state index contributed by atoms with van der Waals surface area (Å²) in [6.07, 6.45) is 20.5. The van der Waals surface area contributed by atoms with Gasteiger partial charge < -0.3 is 55.2 Å². The maximum atomic E-state index is 13.4. The molecule has 0 unspecified atom stereocenters. The number of amides is 3. The summed E-state index contributed by atoms with van der Waals surface area (Å²) in [7, 11) is 0. The molecule has 3 aliphatic heterocycles. The molecule has 0 aliphatic carbocycles.